The molecule has 0 bridgehead atoms. The lowest BCUT2D eigenvalue weighted by molar-refractivity contribution is -0.185. The van der Waals surface area contributed by atoms with E-state index >= 15 is 0 Å². The molecular formula is C6H8BrF3. The van der Waals surface area contributed by atoms with Crippen LogP contribution in [0.3, 0.4) is 0 Å². The standard InChI is InChI=1S/C6H8BrF3/c1-4(7)5(2-3-5)6(8,9)10/h4H,2-3H2,1H3. The molecule has 1 aliphatic rings. The zero-order valence-electron chi connectivity index (χ0n) is 5.50. The van der Waals surface area contributed by atoms with Crippen molar-refractivity contribution in [2.45, 2.75) is 30.8 Å². The van der Waals surface area contributed by atoms with E-state index in [9.17, 15) is 13.2 Å². The van der Waals surface area contributed by atoms with Crippen molar-refractivity contribution < 1.29 is 13.2 Å². The van der Waals surface area contributed by atoms with Crippen LogP contribution in [0, 0.1) is 5.41 Å². The molecule has 0 aromatic carbocycles. The number of rotatable bonds is 1. The van der Waals surface area contributed by atoms with Gasteiger partial charge in [-0.15, -0.1) is 0 Å². The molecule has 60 valence electrons. The predicted molar refractivity (Wildman–Crippen MR) is 36.1 cm³/mol. The number of hydrogen-bond acceptors (Lipinski definition) is 0. The van der Waals surface area contributed by atoms with Crippen LogP contribution in [0.4, 0.5) is 13.2 Å². The minimum atomic E-state index is -4.02. The van der Waals surface area contributed by atoms with Crippen LogP contribution in [0.5, 0.6) is 0 Å². The van der Waals surface area contributed by atoms with Gasteiger partial charge < -0.3 is 0 Å². The average Bonchev–Trinajstić information content (AvgIpc) is 2.36. The highest BCUT2D eigenvalue weighted by Gasteiger charge is 2.65. The average molecular weight is 217 g/mol. The van der Waals surface area contributed by atoms with Crippen LogP contribution in [0.1, 0.15) is 19.8 Å². The van der Waals surface area contributed by atoms with Crippen LogP contribution in [0.25, 0.3) is 0 Å². The summed E-state index contributed by atoms with van der Waals surface area (Å²) in [6.45, 7) is 1.56. The summed E-state index contributed by atoms with van der Waals surface area (Å²) in [5.41, 5.74) is -1.40. The summed E-state index contributed by atoms with van der Waals surface area (Å²) in [7, 11) is 0. The zero-order valence-corrected chi connectivity index (χ0v) is 7.09. The molecule has 0 nitrogen and oxygen atoms in total. The molecule has 1 atom stereocenters. The highest BCUT2D eigenvalue weighted by atomic mass is 79.9. The second kappa shape index (κ2) is 2.13. The summed E-state index contributed by atoms with van der Waals surface area (Å²) in [6.07, 6.45) is -3.46. The van der Waals surface area contributed by atoms with Crippen LogP contribution < -0.4 is 0 Å². The first kappa shape index (κ1) is 8.37. The van der Waals surface area contributed by atoms with Gasteiger partial charge in [-0.1, -0.05) is 22.9 Å². The molecule has 1 aliphatic carbocycles. The number of hydrogen-bond donors (Lipinski definition) is 0. The molecule has 0 aromatic heterocycles. The van der Waals surface area contributed by atoms with Gasteiger partial charge >= 0.3 is 6.18 Å². The summed E-state index contributed by atoms with van der Waals surface area (Å²) < 4.78 is 36.4. The van der Waals surface area contributed by atoms with Gasteiger partial charge in [0.25, 0.3) is 0 Å². The van der Waals surface area contributed by atoms with Gasteiger partial charge in [-0.05, 0) is 12.8 Å². The van der Waals surface area contributed by atoms with E-state index in [1.807, 2.05) is 0 Å². The fraction of sp³-hybridized carbons (Fsp3) is 1.00. The van der Waals surface area contributed by atoms with Crippen LogP contribution in [0.15, 0.2) is 0 Å². The third-order valence-electron chi connectivity index (χ3n) is 2.11. The second-order valence-electron chi connectivity index (χ2n) is 2.77. The third kappa shape index (κ3) is 1.06. The van der Waals surface area contributed by atoms with Crippen LogP contribution >= 0.6 is 15.9 Å². The normalized spacial score (nSPS) is 26.1. The molecule has 1 unspecified atom stereocenters. The van der Waals surface area contributed by atoms with E-state index < -0.39 is 16.4 Å². The zero-order chi connectivity index (χ0) is 7.99. The van der Waals surface area contributed by atoms with Crippen molar-refractivity contribution in [3.63, 3.8) is 0 Å². The summed E-state index contributed by atoms with van der Waals surface area (Å²) in [6, 6.07) is 0. The molecule has 0 radical (unpaired) electrons. The highest BCUT2D eigenvalue weighted by Crippen LogP contribution is 2.61. The van der Waals surface area contributed by atoms with Gasteiger partial charge in [0.15, 0.2) is 0 Å². The molecule has 10 heavy (non-hydrogen) atoms. The van der Waals surface area contributed by atoms with Crippen molar-refractivity contribution in [1.29, 1.82) is 0 Å². The Morgan fingerprint density at radius 3 is 1.80 bits per heavy atom. The van der Waals surface area contributed by atoms with E-state index in [0.29, 0.717) is 0 Å². The fourth-order valence-corrected chi connectivity index (χ4v) is 1.76. The minimum absolute atomic E-state index is 0.281. The summed E-state index contributed by atoms with van der Waals surface area (Å²) in [4.78, 5) is -0.444. The van der Waals surface area contributed by atoms with Gasteiger partial charge in [-0.3, -0.25) is 0 Å². The number of halogens is 4. The van der Waals surface area contributed by atoms with Crippen molar-refractivity contribution in [3.8, 4) is 0 Å². The molecule has 0 N–H and O–H groups in total. The molecule has 1 rings (SSSR count). The van der Waals surface area contributed by atoms with Gasteiger partial charge in [0.05, 0.1) is 5.41 Å². The smallest absolute Gasteiger partial charge is 0.170 e. The molecule has 1 fully saturated rings. The molecule has 0 spiro atoms. The van der Waals surface area contributed by atoms with E-state index in [4.69, 9.17) is 0 Å². The molecule has 4 heteroatoms. The molecule has 0 heterocycles. The Morgan fingerprint density at radius 1 is 1.40 bits per heavy atom. The lowest BCUT2D eigenvalue weighted by Gasteiger charge is -2.21. The van der Waals surface area contributed by atoms with Crippen molar-refractivity contribution in [2.24, 2.45) is 5.41 Å². The van der Waals surface area contributed by atoms with Crippen LogP contribution in [-0.2, 0) is 0 Å². The van der Waals surface area contributed by atoms with Crippen molar-refractivity contribution in [1.82, 2.24) is 0 Å². The molecule has 0 saturated heterocycles. The Bertz CT molecular complexity index is 134. The quantitative estimate of drug-likeness (QED) is 0.592. The van der Waals surface area contributed by atoms with E-state index in [-0.39, 0.29) is 12.8 Å². The topological polar surface area (TPSA) is 0 Å². The molecule has 0 aromatic rings. The molecule has 0 aliphatic heterocycles. The third-order valence-corrected chi connectivity index (χ3v) is 2.99. The van der Waals surface area contributed by atoms with E-state index in [1.165, 1.54) is 0 Å². The maximum atomic E-state index is 12.1. The fourth-order valence-electron chi connectivity index (χ4n) is 1.04. The Hall–Kier alpha value is 0.270. The number of alkyl halides is 4. The maximum Gasteiger partial charge on any atom is 0.395 e. The first-order valence-corrected chi connectivity index (χ1v) is 4.02. The first-order chi connectivity index (χ1) is 4.40. The van der Waals surface area contributed by atoms with Gasteiger partial charge in [-0.25, -0.2) is 0 Å². The summed E-state index contributed by atoms with van der Waals surface area (Å²) >= 11 is 2.97. The van der Waals surface area contributed by atoms with Gasteiger partial charge in [0.2, 0.25) is 0 Å². The molecule has 0 amide bonds. The van der Waals surface area contributed by atoms with Gasteiger partial charge in [0.1, 0.15) is 0 Å². The van der Waals surface area contributed by atoms with Crippen LogP contribution in [0.2, 0.25) is 0 Å². The van der Waals surface area contributed by atoms with E-state index in [1.54, 1.807) is 6.92 Å². The van der Waals surface area contributed by atoms with Gasteiger partial charge in [-0.2, -0.15) is 13.2 Å². The van der Waals surface area contributed by atoms with Crippen molar-refractivity contribution in [2.75, 3.05) is 0 Å². The Morgan fingerprint density at radius 2 is 1.80 bits per heavy atom. The lowest BCUT2D eigenvalue weighted by Crippen LogP contribution is -2.30. The maximum absolute atomic E-state index is 12.1. The summed E-state index contributed by atoms with van der Waals surface area (Å²) in [5.74, 6) is 0. The van der Waals surface area contributed by atoms with Crippen LogP contribution in [-0.4, -0.2) is 11.0 Å². The predicted octanol–water partition coefficient (Wildman–Crippen LogP) is 3.11. The Balaban J connectivity index is 2.70. The monoisotopic (exact) mass is 216 g/mol. The lowest BCUT2D eigenvalue weighted by atomic mass is 10.0. The first-order valence-electron chi connectivity index (χ1n) is 3.11. The Kier molecular flexibility index (Phi) is 1.78. The van der Waals surface area contributed by atoms with E-state index in [2.05, 4.69) is 15.9 Å². The van der Waals surface area contributed by atoms with Crippen molar-refractivity contribution >= 4 is 15.9 Å². The van der Waals surface area contributed by atoms with E-state index in [0.717, 1.165) is 0 Å². The molecule has 1 saturated carbocycles. The van der Waals surface area contributed by atoms with Crippen molar-refractivity contribution in [3.05, 3.63) is 0 Å². The summed E-state index contributed by atoms with van der Waals surface area (Å²) in [5, 5.41) is 0. The SMILES string of the molecule is CC(Br)C1(C(F)(F)F)CC1. The Labute approximate surface area is 65.9 Å². The molecular weight excluding hydrogens is 209 g/mol. The second-order valence-corrected chi connectivity index (χ2v) is 4.14. The highest BCUT2D eigenvalue weighted by molar-refractivity contribution is 9.09. The minimum Gasteiger partial charge on any atom is -0.170 e. The van der Waals surface area contributed by atoms with Gasteiger partial charge in [0, 0.05) is 4.83 Å². The largest absolute Gasteiger partial charge is 0.395 e.